The predicted octanol–water partition coefficient (Wildman–Crippen LogP) is 4.24. The van der Waals surface area contributed by atoms with Gasteiger partial charge in [0.05, 0.1) is 12.7 Å². The summed E-state index contributed by atoms with van der Waals surface area (Å²) >= 11 is 12.2. The van der Waals surface area contributed by atoms with Crippen molar-refractivity contribution in [2.45, 2.75) is 19.7 Å². The molecule has 3 aromatic rings. The summed E-state index contributed by atoms with van der Waals surface area (Å²) in [6.07, 6.45) is 3.61. The third kappa shape index (κ3) is 5.36. The van der Waals surface area contributed by atoms with Crippen LogP contribution < -0.4 is 14.8 Å². The molecule has 0 saturated carbocycles. The summed E-state index contributed by atoms with van der Waals surface area (Å²) < 4.78 is 11.6. The van der Waals surface area contributed by atoms with E-state index in [0.29, 0.717) is 22.4 Å². The zero-order chi connectivity index (χ0) is 19.1. The fourth-order valence-electron chi connectivity index (χ4n) is 2.75. The molecule has 0 aliphatic carbocycles. The van der Waals surface area contributed by atoms with Gasteiger partial charge >= 0.3 is 0 Å². The Morgan fingerprint density at radius 2 is 1.78 bits per heavy atom. The molecule has 0 spiro atoms. The molecule has 4 nitrogen and oxygen atoms in total. The number of hydrogen-bond acceptors (Lipinski definition) is 3. The van der Waals surface area contributed by atoms with Crippen LogP contribution in [-0.4, -0.2) is 12.1 Å². The molecule has 0 saturated heterocycles. The second-order valence-electron chi connectivity index (χ2n) is 6.03. The highest BCUT2D eigenvalue weighted by Crippen LogP contribution is 2.32. The molecule has 0 radical (unpaired) electrons. The summed E-state index contributed by atoms with van der Waals surface area (Å²) in [5.41, 5.74) is 3.16. The van der Waals surface area contributed by atoms with Crippen molar-refractivity contribution in [3.05, 3.63) is 87.7 Å². The van der Waals surface area contributed by atoms with Gasteiger partial charge in [-0.3, -0.25) is 4.98 Å². The Balaban J connectivity index is 1.71. The van der Waals surface area contributed by atoms with E-state index in [1.165, 1.54) is 5.56 Å². The number of nitrogens with zero attached hydrogens (tertiary/aromatic N) is 1. The molecule has 0 fully saturated rings. The van der Waals surface area contributed by atoms with Gasteiger partial charge in [0.2, 0.25) is 0 Å². The summed E-state index contributed by atoms with van der Waals surface area (Å²) in [6, 6.07) is 15.3. The normalized spacial score (nSPS) is 10.6. The van der Waals surface area contributed by atoms with Crippen LogP contribution in [0.3, 0.4) is 0 Å². The molecular formula is C21H21Cl2N2O2+. The van der Waals surface area contributed by atoms with Crippen molar-refractivity contribution in [1.82, 2.24) is 4.98 Å². The number of nitrogens with two attached hydrogens (primary N) is 1. The number of pyridine rings is 1. The van der Waals surface area contributed by atoms with Crippen molar-refractivity contribution in [1.29, 1.82) is 0 Å². The van der Waals surface area contributed by atoms with Crippen LogP contribution in [0, 0.1) is 0 Å². The highest BCUT2D eigenvalue weighted by molar-refractivity contribution is 6.35. The molecule has 0 aliphatic heterocycles. The zero-order valence-electron chi connectivity index (χ0n) is 15.0. The number of hydrogen-bond donors (Lipinski definition) is 1. The number of para-hydroxylation sites is 1. The van der Waals surface area contributed by atoms with Crippen molar-refractivity contribution in [3.63, 3.8) is 0 Å². The molecule has 0 bridgehead atoms. The first-order valence-corrected chi connectivity index (χ1v) is 9.36. The number of benzene rings is 2. The van der Waals surface area contributed by atoms with E-state index in [1.54, 1.807) is 31.6 Å². The van der Waals surface area contributed by atoms with Gasteiger partial charge in [0.15, 0.2) is 11.5 Å². The maximum Gasteiger partial charge on any atom is 0.170 e. The van der Waals surface area contributed by atoms with Crippen molar-refractivity contribution < 1.29 is 14.8 Å². The van der Waals surface area contributed by atoms with Gasteiger partial charge in [0, 0.05) is 33.6 Å². The Bertz CT molecular complexity index is 889. The van der Waals surface area contributed by atoms with Crippen LogP contribution in [0.2, 0.25) is 10.0 Å². The molecule has 0 unspecified atom stereocenters. The summed E-state index contributed by atoms with van der Waals surface area (Å²) in [6.45, 7) is 1.97. The van der Waals surface area contributed by atoms with E-state index in [4.69, 9.17) is 32.7 Å². The minimum Gasteiger partial charge on any atom is -0.493 e. The van der Waals surface area contributed by atoms with Crippen molar-refractivity contribution in [3.8, 4) is 11.5 Å². The van der Waals surface area contributed by atoms with Crippen LogP contribution in [0.15, 0.2) is 60.9 Å². The smallest absolute Gasteiger partial charge is 0.170 e. The van der Waals surface area contributed by atoms with Gasteiger partial charge in [-0.05, 0) is 36.4 Å². The molecular weight excluding hydrogens is 383 g/mol. The van der Waals surface area contributed by atoms with Crippen LogP contribution in [-0.2, 0) is 19.7 Å². The van der Waals surface area contributed by atoms with Gasteiger partial charge in [-0.15, -0.1) is 0 Å². The lowest BCUT2D eigenvalue weighted by atomic mass is 10.1. The van der Waals surface area contributed by atoms with Crippen molar-refractivity contribution >= 4 is 23.2 Å². The summed E-state index contributed by atoms with van der Waals surface area (Å²) in [4.78, 5) is 4.04. The van der Waals surface area contributed by atoms with Crippen molar-refractivity contribution in [2.75, 3.05) is 7.11 Å². The summed E-state index contributed by atoms with van der Waals surface area (Å²) in [7, 11) is 1.64. The first-order chi connectivity index (χ1) is 13.2. The van der Waals surface area contributed by atoms with Gasteiger partial charge in [-0.2, -0.15) is 0 Å². The lowest BCUT2D eigenvalue weighted by molar-refractivity contribution is -0.686. The largest absolute Gasteiger partial charge is 0.493 e. The number of ether oxygens (including phenoxy) is 2. The van der Waals surface area contributed by atoms with E-state index in [9.17, 15) is 0 Å². The Hall–Kier alpha value is -2.27. The first-order valence-electron chi connectivity index (χ1n) is 8.60. The molecule has 27 heavy (non-hydrogen) atoms. The van der Waals surface area contributed by atoms with Crippen LogP contribution in [0.25, 0.3) is 0 Å². The van der Waals surface area contributed by atoms with Gasteiger partial charge in [-0.25, -0.2) is 0 Å². The summed E-state index contributed by atoms with van der Waals surface area (Å²) in [5, 5.41) is 3.40. The second kappa shape index (κ2) is 9.60. The van der Waals surface area contributed by atoms with E-state index in [2.05, 4.69) is 10.3 Å². The van der Waals surface area contributed by atoms with E-state index in [0.717, 1.165) is 30.0 Å². The minimum atomic E-state index is 0.341. The standard InChI is InChI=1S/C21H20Cl2N2O2/c1-26-20-4-2-3-16(13-25-12-15-7-9-24-10-8-15)21(20)27-14-17-5-6-18(22)11-19(17)23/h2-11,25H,12-14H2,1H3/p+1. The molecule has 0 atom stereocenters. The van der Waals surface area contributed by atoms with Crippen LogP contribution in [0.5, 0.6) is 11.5 Å². The monoisotopic (exact) mass is 403 g/mol. The highest BCUT2D eigenvalue weighted by Gasteiger charge is 2.13. The van der Waals surface area contributed by atoms with Gasteiger partial charge < -0.3 is 14.8 Å². The van der Waals surface area contributed by atoms with Crippen LogP contribution in [0.4, 0.5) is 0 Å². The molecule has 2 aromatic carbocycles. The van der Waals surface area contributed by atoms with E-state index in [1.807, 2.05) is 36.4 Å². The van der Waals surface area contributed by atoms with E-state index >= 15 is 0 Å². The lowest BCUT2D eigenvalue weighted by Gasteiger charge is -2.15. The molecule has 1 heterocycles. The van der Waals surface area contributed by atoms with Crippen LogP contribution in [0.1, 0.15) is 16.7 Å². The zero-order valence-corrected chi connectivity index (χ0v) is 16.5. The average molecular weight is 404 g/mol. The number of methoxy groups -OCH3 is 1. The Labute approximate surface area is 169 Å². The number of halogens is 2. The number of aromatic nitrogens is 1. The Morgan fingerprint density at radius 1 is 0.963 bits per heavy atom. The predicted molar refractivity (Wildman–Crippen MR) is 107 cm³/mol. The third-order valence-corrected chi connectivity index (χ3v) is 4.75. The Kier molecular flexibility index (Phi) is 6.93. The molecule has 3 rings (SSSR count). The molecule has 0 amide bonds. The molecule has 2 N–H and O–H groups in total. The quantitative estimate of drug-likeness (QED) is 0.611. The van der Waals surface area contributed by atoms with Crippen molar-refractivity contribution in [2.24, 2.45) is 0 Å². The first kappa shape index (κ1) is 19.5. The maximum absolute atomic E-state index is 6.25. The fourth-order valence-corrected chi connectivity index (χ4v) is 3.21. The molecule has 6 heteroatoms. The third-order valence-electron chi connectivity index (χ3n) is 4.16. The SMILES string of the molecule is COc1cccc(C[NH2+]Cc2ccncc2)c1OCc1ccc(Cl)cc1Cl. The minimum absolute atomic E-state index is 0.341. The fraction of sp³-hybridized carbons (Fsp3) is 0.190. The number of quaternary nitrogens is 1. The van der Waals surface area contributed by atoms with Crippen LogP contribution >= 0.6 is 23.2 Å². The average Bonchev–Trinajstić information content (AvgIpc) is 2.68. The molecule has 1 aromatic heterocycles. The number of rotatable bonds is 8. The second-order valence-corrected chi connectivity index (χ2v) is 6.87. The Morgan fingerprint density at radius 3 is 2.52 bits per heavy atom. The lowest BCUT2D eigenvalue weighted by Crippen LogP contribution is -2.80. The molecule has 0 aliphatic rings. The van der Waals surface area contributed by atoms with Gasteiger partial charge in [0.1, 0.15) is 19.7 Å². The van der Waals surface area contributed by atoms with Gasteiger partial charge in [-0.1, -0.05) is 35.3 Å². The van der Waals surface area contributed by atoms with E-state index in [-0.39, 0.29) is 0 Å². The van der Waals surface area contributed by atoms with E-state index < -0.39 is 0 Å². The van der Waals surface area contributed by atoms with Gasteiger partial charge in [0.25, 0.3) is 0 Å². The summed E-state index contributed by atoms with van der Waals surface area (Å²) in [5.74, 6) is 1.44. The highest BCUT2D eigenvalue weighted by atomic mass is 35.5. The molecule has 140 valence electrons. The maximum atomic E-state index is 6.25. The topological polar surface area (TPSA) is 48.0 Å².